The molecule has 122 valence electrons. The van der Waals surface area contributed by atoms with E-state index in [0.717, 1.165) is 48.4 Å². The highest BCUT2D eigenvalue weighted by Gasteiger charge is 2.26. The fraction of sp³-hybridized carbons (Fsp3) is 0.375. The van der Waals surface area contributed by atoms with Gasteiger partial charge in [0.2, 0.25) is 0 Å². The van der Waals surface area contributed by atoms with Gasteiger partial charge in [-0.2, -0.15) is 9.78 Å². The van der Waals surface area contributed by atoms with Crippen molar-refractivity contribution in [2.45, 2.75) is 19.3 Å². The first-order valence-electron chi connectivity index (χ1n) is 7.54. The van der Waals surface area contributed by atoms with Crippen LogP contribution < -0.4 is 20.5 Å². The van der Waals surface area contributed by atoms with Crippen LogP contribution in [0, 0.1) is 0 Å². The number of nitrogens with one attached hydrogen (secondary N) is 1. The molecule has 2 heterocycles. The van der Waals surface area contributed by atoms with E-state index in [2.05, 4.69) is 10.4 Å². The maximum Gasteiger partial charge on any atom is 0.193 e. The summed E-state index contributed by atoms with van der Waals surface area (Å²) in [6.07, 6.45) is 3.07. The zero-order chi connectivity index (χ0) is 16.4. The lowest BCUT2D eigenvalue weighted by Gasteiger charge is -2.12. The molecule has 3 rings (SSSR count). The Morgan fingerprint density at radius 2 is 1.96 bits per heavy atom. The summed E-state index contributed by atoms with van der Waals surface area (Å²) in [6, 6.07) is 5.69. The molecule has 0 unspecified atom stereocenters. The number of fused-ring (bicyclic) bond motifs is 1. The third kappa shape index (κ3) is 2.72. The molecule has 6 nitrogen and oxygen atoms in total. The van der Waals surface area contributed by atoms with Gasteiger partial charge in [-0.05, 0) is 43.6 Å². The number of benzene rings is 1. The standard InChI is InChI=1S/C16H20N4O2S/c1-21-11-7-5-8-12(22-2)13(11)14-10-6-3-4-9-18-15(10)20(19-14)16(17)23/h5,7-8,18H,3-4,6,9H2,1-2H3,(H2,17,23). The van der Waals surface area contributed by atoms with E-state index in [9.17, 15) is 0 Å². The number of nitrogens with two attached hydrogens (primary N) is 1. The van der Waals surface area contributed by atoms with Crippen LogP contribution >= 0.6 is 12.2 Å². The summed E-state index contributed by atoms with van der Waals surface area (Å²) in [7, 11) is 3.28. The number of nitrogens with zero attached hydrogens (tertiary/aromatic N) is 2. The average molecular weight is 332 g/mol. The summed E-state index contributed by atoms with van der Waals surface area (Å²) in [5, 5.41) is 8.26. The molecule has 0 bridgehead atoms. The molecule has 2 aromatic rings. The SMILES string of the molecule is COc1cccc(OC)c1-c1nn(C(N)=S)c2c1CCCCN2. The molecule has 1 aliphatic rings. The van der Waals surface area contributed by atoms with Crippen LogP contribution in [0.15, 0.2) is 18.2 Å². The molecule has 0 amide bonds. The molecule has 1 aliphatic heterocycles. The van der Waals surface area contributed by atoms with Gasteiger partial charge < -0.3 is 20.5 Å². The van der Waals surface area contributed by atoms with Gasteiger partial charge in [-0.1, -0.05) is 6.07 Å². The molecule has 23 heavy (non-hydrogen) atoms. The molecule has 0 atom stereocenters. The predicted octanol–water partition coefficient (Wildman–Crippen LogP) is 2.41. The molecule has 0 spiro atoms. The van der Waals surface area contributed by atoms with Crippen molar-refractivity contribution in [3.8, 4) is 22.8 Å². The Kier molecular flexibility index (Phi) is 4.38. The Labute approximate surface area is 140 Å². The number of aromatic nitrogens is 2. The van der Waals surface area contributed by atoms with E-state index in [4.69, 9.17) is 27.4 Å². The number of hydrogen-bond donors (Lipinski definition) is 2. The Hall–Kier alpha value is -2.28. The Balaban J connectivity index is 2.27. The summed E-state index contributed by atoms with van der Waals surface area (Å²) in [6.45, 7) is 0.879. The van der Waals surface area contributed by atoms with E-state index in [-0.39, 0.29) is 5.11 Å². The van der Waals surface area contributed by atoms with Gasteiger partial charge in [0.15, 0.2) is 5.11 Å². The van der Waals surface area contributed by atoms with E-state index in [1.54, 1.807) is 18.9 Å². The van der Waals surface area contributed by atoms with Crippen molar-refractivity contribution in [2.24, 2.45) is 5.73 Å². The molecule has 3 N–H and O–H groups in total. The summed E-state index contributed by atoms with van der Waals surface area (Å²) in [5.74, 6) is 2.30. The van der Waals surface area contributed by atoms with Gasteiger partial charge in [-0.3, -0.25) is 0 Å². The third-order valence-corrected chi connectivity index (χ3v) is 4.18. The molecule has 0 saturated carbocycles. The van der Waals surface area contributed by atoms with Gasteiger partial charge in [-0.25, -0.2) is 0 Å². The lowest BCUT2D eigenvalue weighted by atomic mass is 10.0. The quantitative estimate of drug-likeness (QED) is 0.841. The zero-order valence-electron chi connectivity index (χ0n) is 13.3. The van der Waals surface area contributed by atoms with E-state index in [1.807, 2.05) is 18.2 Å². The van der Waals surface area contributed by atoms with Crippen LogP contribution in [0.4, 0.5) is 5.82 Å². The Morgan fingerprint density at radius 3 is 2.57 bits per heavy atom. The molecule has 0 aliphatic carbocycles. The minimum absolute atomic E-state index is 0.218. The molecule has 7 heteroatoms. The van der Waals surface area contributed by atoms with Crippen molar-refractivity contribution in [2.75, 3.05) is 26.1 Å². The second-order valence-corrected chi connectivity index (χ2v) is 5.77. The van der Waals surface area contributed by atoms with E-state index >= 15 is 0 Å². The highest BCUT2D eigenvalue weighted by Crippen LogP contribution is 2.42. The van der Waals surface area contributed by atoms with Crippen LogP contribution in [0.1, 0.15) is 18.4 Å². The van der Waals surface area contributed by atoms with Crippen LogP contribution in [0.25, 0.3) is 11.3 Å². The maximum absolute atomic E-state index is 5.85. The van der Waals surface area contributed by atoms with Crippen molar-refractivity contribution in [3.05, 3.63) is 23.8 Å². The number of anilines is 1. The first-order valence-corrected chi connectivity index (χ1v) is 7.95. The summed E-state index contributed by atoms with van der Waals surface area (Å²) < 4.78 is 12.6. The third-order valence-electron chi connectivity index (χ3n) is 4.00. The van der Waals surface area contributed by atoms with E-state index in [0.29, 0.717) is 11.5 Å². The minimum Gasteiger partial charge on any atom is -0.496 e. The van der Waals surface area contributed by atoms with Gasteiger partial charge in [0, 0.05) is 12.1 Å². The lowest BCUT2D eigenvalue weighted by Crippen LogP contribution is -2.22. The lowest BCUT2D eigenvalue weighted by molar-refractivity contribution is 0.397. The number of methoxy groups -OCH3 is 2. The van der Waals surface area contributed by atoms with Crippen molar-refractivity contribution in [1.29, 1.82) is 0 Å². The van der Waals surface area contributed by atoms with Gasteiger partial charge >= 0.3 is 0 Å². The fourth-order valence-corrected chi connectivity index (χ4v) is 3.08. The van der Waals surface area contributed by atoms with Crippen molar-refractivity contribution < 1.29 is 9.47 Å². The largest absolute Gasteiger partial charge is 0.496 e. The van der Waals surface area contributed by atoms with Crippen molar-refractivity contribution in [1.82, 2.24) is 9.78 Å². The van der Waals surface area contributed by atoms with Crippen LogP contribution in [0.3, 0.4) is 0 Å². The topological polar surface area (TPSA) is 74.3 Å². The summed E-state index contributed by atoms with van der Waals surface area (Å²) in [4.78, 5) is 0. The second kappa shape index (κ2) is 6.45. The van der Waals surface area contributed by atoms with E-state index < -0.39 is 0 Å². The monoisotopic (exact) mass is 332 g/mol. The maximum atomic E-state index is 5.85. The Morgan fingerprint density at radius 1 is 1.26 bits per heavy atom. The first kappa shape index (κ1) is 15.6. The average Bonchev–Trinajstić information content (AvgIpc) is 2.75. The van der Waals surface area contributed by atoms with Crippen molar-refractivity contribution >= 4 is 23.1 Å². The number of ether oxygens (including phenoxy) is 2. The van der Waals surface area contributed by atoms with E-state index in [1.165, 1.54) is 0 Å². The predicted molar refractivity (Wildman–Crippen MR) is 94.4 cm³/mol. The van der Waals surface area contributed by atoms with Gasteiger partial charge in [0.05, 0.1) is 19.8 Å². The highest BCUT2D eigenvalue weighted by molar-refractivity contribution is 7.80. The van der Waals surface area contributed by atoms with Crippen LogP contribution in [-0.2, 0) is 6.42 Å². The van der Waals surface area contributed by atoms with Gasteiger partial charge in [0.25, 0.3) is 0 Å². The zero-order valence-corrected chi connectivity index (χ0v) is 14.1. The van der Waals surface area contributed by atoms with Gasteiger partial charge in [-0.15, -0.1) is 0 Å². The molecule has 1 aromatic carbocycles. The summed E-state index contributed by atoms with van der Waals surface area (Å²) >= 11 is 5.15. The van der Waals surface area contributed by atoms with Crippen LogP contribution in [0.5, 0.6) is 11.5 Å². The fourth-order valence-electron chi connectivity index (χ4n) is 2.95. The smallest absolute Gasteiger partial charge is 0.193 e. The van der Waals surface area contributed by atoms with Crippen LogP contribution in [-0.4, -0.2) is 35.7 Å². The normalized spacial score (nSPS) is 13.7. The highest BCUT2D eigenvalue weighted by atomic mass is 32.1. The van der Waals surface area contributed by atoms with Crippen molar-refractivity contribution in [3.63, 3.8) is 0 Å². The molecule has 0 fully saturated rings. The molecule has 0 saturated heterocycles. The minimum atomic E-state index is 0.218. The second-order valence-electron chi connectivity index (χ2n) is 5.35. The van der Waals surface area contributed by atoms with Gasteiger partial charge in [0.1, 0.15) is 23.0 Å². The molecule has 0 radical (unpaired) electrons. The number of thiocarbonyl (C=S) groups is 1. The van der Waals surface area contributed by atoms with Crippen LogP contribution in [0.2, 0.25) is 0 Å². The first-order chi connectivity index (χ1) is 11.2. The molecular weight excluding hydrogens is 312 g/mol. The Bertz CT molecular complexity index is 720. The molecule has 1 aromatic heterocycles. The summed E-state index contributed by atoms with van der Waals surface area (Å²) in [5.41, 5.74) is 8.57. The number of hydrogen-bond acceptors (Lipinski definition) is 5. The number of rotatable bonds is 3. The molecular formula is C16H20N4O2S.